The molecule has 0 aliphatic carbocycles. The summed E-state index contributed by atoms with van der Waals surface area (Å²) in [6.07, 6.45) is 1.60. The molecule has 5 heteroatoms. The van der Waals surface area contributed by atoms with Crippen molar-refractivity contribution in [2.24, 2.45) is 0 Å². The summed E-state index contributed by atoms with van der Waals surface area (Å²) in [7, 11) is 1.62. The van der Waals surface area contributed by atoms with E-state index in [9.17, 15) is 4.79 Å². The molecule has 1 aromatic heterocycles. The fraction of sp³-hybridized carbons (Fsp3) is 0.455. The third kappa shape index (κ3) is 3.29. The maximum Gasteiger partial charge on any atom is 0.180 e. The summed E-state index contributed by atoms with van der Waals surface area (Å²) in [5, 5.41) is 2.98. The van der Waals surface area contributed by atoms with Crippen LogP contribution < -0.4 is 11.1 Å². The zero-order chi connectivity index (χ0) is 12.0. The second kappa shape index (κ2) is 6.19. The Bertz CT molecular complexity index is 346. The molecular weight excluding hydrogens is 206 g/mol. The molecule has 0 spiro atoms. The van der Waals surface area contributed by atoms with Gasteiger partial charge in [0.1, 0.15) is 5.82 Å². The van der Waals surface area contributed by atoms with Crippen LogP contribution in [0.15, 0.2) is 12.3 Å². The van der Waals surface area contributed by atoms with E-state index in [0.29, 0.717) is 24.5 Å². The predicted octanol–water partition coefficient (Wildman–Crippen LogP) is 0.391. The Morgan fingerprint density at radius 1 is 1.62 bits per heavy atom. The number of aryl methyl sites for hydroxylation is 1. The van der Waals surface area contributed by atoms with Crippen LogP contribution >= 0.6 is 0 Å². The van der Waals surface area contributed by atoms with Crippen molar-refractivity contribution in [3.8, 4) is 0 Å². The van der Waals surface area contributed by atoms with Crippen LogP contribution in [-0.4, -0.2) is 37.6 Å². The number of pyridine rings is 1. The van der Waals surface area contributed by atoms with Crippen LogP contribution in [0.4, 0.5) is 5.82 Å². The molecule has 0 saturated heterocycles. The number of anilines is 1. The molecule has 5 nitrogen and oxygen atoms in total. The van der Waals surface area contributed by atoms with Gasteiger partial charge in [0.2, 0.25) is 0 Å². The number of carbonyl (C=O) groups is 1. The van der Waals surface area contributed by atoms with Gasteiger partial charge in [0.25, 0.3) is 0 Å². The number of nitrogens with two attached hydrogens (primary N) is 1. The van der Waals surface area contributed by atoms with E-state index in [1.54, 1.807) is 19.4 Å². The van der Waals surface area contributed by atoms with E-state index in [0.717, 1.165) is 5.56 Å². The first kappa shape index (κ1) is 12.6. The zero-order valence-electron chi connectivity index (χ0n) is 9.62. The largest absolute Gasteiger partial charge is 0.383 e. The molecule has 0 aliphatic rings. The van der Waals surface area contributed by atoms with Crippen molar-refractivity contribution in [2.75, 3.05) is 32.5 Å². The quantitative estimate of drug-likeness (QED) is 0.539. The normalized spacial score (nSPS) is 10.4. The summed E-state index contributed by atoms with van der Waals surface area (Å²) < 4.78 is 4.87. The minimum absolute atomic E-state index is 0.0424. The van der Waals surface area contributed by atoms with Crippen LogP contribution in [0.25, 0.3) is 0 Å². The first-order valence-corrected chi connectivity index (χ1v) is 5.10. The molecule has 0 bridgehead atoms. The molecule has 1 heterocycles. The Labute approximate surface area is 95.0 Å². The number of nitrogens with zero attached hydrogens (tertiary/aromatic N) is 1. The van der Waals surface area contributed by atoms with E-state index in [1.807, 2.05) is 6.92 Å². The van der Waals surface area contributed by atoms with E-state index in [2.05, 4.69) is 10.3 Å². The summed E-state index contributed by atoms with van der Waals surface area (Å²) in [5.41, 5.74) is 7.03. The molecule has 0 unspecified atom stereocenters. The van der Waals surface area contributed by atoms with Crippen LogP contribution in [0, 0.1) is 6.92 Å². The first-order chi connectivity index (χ1) is 7.66. The van der Waals surface area contributed by atoms with Gasteiger partial charge in [-0.15, -0.1) is 0 Å². The maximum absolute atomic E-state index is 11.8. The number of ketones is 1. The number of nitrogen functional groups attached to an aromatic ring is 1. The Balaban J connectivity index is 2.59. The molecule has 0 amide bonds. The fourth-order valence-electron chi connectivity index (χ4n) is 1.41. The molecule has 0 aliphatic heterocycles. The first-order valence-electron chi connectivity index (χ1n) is 5.10. The molecule has 0 atom stereocenters. The minimum atomic E-state index is -0.0424. The summed E-state index contributed by atoms with van der Waals surface area (Å²) in [5.74, 6) is 0.248. The smallest absolute Gasteiger partial charge is 0.180 e. The lowest BCUT2D eigenvalue weighted by atomic mass is 10.1. The van der Waals surface area contributed by atoms with Crippen molar-refractivity contribution < 1.29 is 9.53 Å². The van der Waals surface area contributed by atoms with Crippen LogP contribution in [-0.2, 0) is 4.74 Å². The number of nitrogens with one attached hydrogen (secondary N) is 1. The predicted molar refractivity (Wildman–Crippen MR) is 62.5 cm³/mol. The number of carbonyl (C=O) groups excluding carboxylic acids is 1. The van der Waals surface area contributed by atoms with Crippen LogP contribution in [0.2, 0.25) is 0 Å². The number of ether oxygens (including phenoxy) is 1. The highest BCUT2D eigenvalue weighted by Crippen LogP contribution is 2.13. The lowest BCUT2D eigenvalue weighted by Crippen LogP contribution is -2.27. The second-order valence-corrected chi connectivity index (χ2v) is 3.48. The third-order valence-electron chi connectivity index (χ3n) is 2.24. The maximum atomic E-state index is 11.8. The molecule has 1 rings (SSSR count). The number of hydrogen-bond acceptors (Lipinski definition) is 5. The number of methoxy groups -OCH3 is 1. The monoisotopic (exact) mass is 223 g/mol. The molecule has 0 fully saturated rings. The van der Waals surface area contributed by atoms with Crippen molar-refractivity contribution in [3.63, 3.8) is 0 Å². The number of hydrogen-bond donors (Lipinski definition) is 2. The Morgan fingerprint density at radius 3 is 3.00 bits per heavy atom. The number of aromatic nitrogens is 1. The molecule has 3 N–H and O–H groups in total. The summed E-state index contributed by atoms with van der Waals surface area (Å²) in [6, 6.07) is 1.78. The Morgan fingerprint density at radius 2 is 2.38 bits per heavy atom. The van der Waals surface area contributed by atoms with Gasteiger partial charge in [-0.3, -0.25) is 4.79 Å². The van der Waals surface area contributed by atoms with Gasteiger partial charge in [-0.1, -0.05) is 0 Å². The van der Waals surface area contributed by atoms with Gasteiger partial charge in [0.05, 0.1) is 18.7 Å². The molecule has 0 radical (unpaired) electrons. The van der Waals surface area contributed by atoms with Gasteiger partial charge in [0, 0.05) is 19.9 Å². The Hall–Kier alpha value is -1.46. The van der Waals surface area contributed by atoms with Gasteiger partial charge in [-0.25, -0.2) is 4.98 Å². The average Bonchev–Trinajstić information content (AvgIpc) is 2.24. The molecule has 88 valence electrons. The summed E-state index contributed by atoms with van der Waals surface area (Å²) in [4.78, 5) is 15.7. The van der Waals surface area contributed by atoms with Crippen molar-refractivity contribution in [1.29, 1.82) is 0 Å². The van der Waals surface area contributed by atoms with Crippen molar-refractivity contribution in [2.45, 2.75) is 6.92 Å². The zero-order valence-corrected chi connectivity index (χ0v) is 9.62. The van der Waals surface area contributed by atoms with E-state index in [-0.39, 0.29) is 12.3 Å². The lowest BCUT2D eigenvalue weighted by molar-refractivity contribution is 0.0987. The summed E-state index contributed by atoms with van der Waals surface area (Å²) >= 11 is 0. The average molecular weight is 223 g/mol. The number of rotatable bonds is 6. The Kier molecular flexibility index (Phi) is 4.88. The lowest BCUT2D eigenvalue weighted by Gasteiger charge is -2.08. The van der Waals surface area contributed by atoms with Crippen molar-refractivity contribution in [1.82, 2.24) is 10.3 Å². The van der Waals surface area contributed by atoms with Crippen LogP contribution in [0.5, 0.6) is 0 Å². The van der Waals surface area contributed by atoms with Gasteiger partial charge < -0.3 is 15.8 Å². The highest BCUT2D eigenvalue weighted by molar-refractivity contribution is 6.02. The highest BCUT2D eigenvalue weighted by atomic mass is 16.5. The molecular formula is C11H17N3O2. The molecule has 16 heavy (non-hydrogen) atoms. The van der Waals surface area contributed by atoms with E-state index in [1.165, 1.54) is 0 Å². The van der Waals surface area contributed by atoms with Crippen molar-refractivity contribution in [3.05, 3.63) is 23.4 Å². The van der Waals surface area contributed by atoms with Crippen LogP contribution in [0.1, 0.15) is 15.9 Å². The SMILES string of the molecule is COCCNCC(=O)c1c(C)ccnc1N. The second-order valence-electron chi connectivity index (χ2n) is 3.48. The fourth-order valence-corrected chi connectivity index (χ4v) is 1.41. The van der Waals surface area contributed by atoms with E-state index >= 15 is 0 Å². The molecule has 1 aromatic rings. The minimum Gasteiger partial charge on any atom is -0.383 e. The topological polar surface area (TPSA) is 77.2 Å². The standard InChI is InChI=1S/C11H17N3O2/c1-8-3-4-14-11(12)10(8)9(15)7-13-5-6-16-2/h3-4,13H,5-7H2,1-2H3,(H2,12,14). The van der Waals surface area contributed by atoms with E-state index < -0.39 is 0 Å². The molecule has 0 saturated carbocycles. The van der Waals surface area contributed by atoms with E-state index in [4.69, 9.17) is 10.5 Å². The number of Topliss-reactive ketones (excluding diaryl/α,β-unsaturated/α-hetero) is 1. The van der Waals surface area contributed by atoms with Gasteiger partial charge in [-0.2, -0.15) is 0 Å². The molecule has 0 aromatic carbocycles. The van der Waals surface area contributed by atoms with Crippen molar-refractivity contribution >= 4 is 11.6 Å². The third-order valence-corrected chi connectivity index (χ3v) is 2.24. The van der Waals surface area contributed by atoms with Gasteiger partial charge in [-0.05, 0) is 18.6 Å². The van der Waals surface area contributed by atoms with Crippen LogP contribution in [0.3, 0.4) is 0 Å². The highest BCUT2D eigenvalue weighted by Gasteiger charge is 2.12. The van der Waals surface area contributed by atoms with Gasteiger partial charge in [0.15, 0.2) is 5.78 Å². The van der Waals surface area contributed by atoms with Gasteiger partial charge >= 0.3 is 0 Å². The summed E-state index contributed by atoms with van der Waals surface area (Å²) in [6.45, 7) is 3.32.